The second kappa shape index (κ2) is 4.69. The molecule has 1 rings (SSSR count). The minimum Gasteiger partial charge on any atom is -0.492 e. The molecule has 1 N–H and O–H groups in total. The first-order valence-electron chi connectivity index (χ1n) is 4.74. The average molecular weight is 247 g/mol. The van der Waals surface area contributed by atoms with Gasteiger partial charge in [-0.2, -0.15) is 0 Å². The van der Waals surface area contributed by atoms with E-state index in [0.717, 1.165) is 0 Å². The molecule has 4 nitrogen and oxygen atoms in total. The lowest BCUT2D eigenvalue weighted by Gasteiger charge is -2.12. The van der Waals surface area contributed by atoms with Crippen LogP contribution in [0.25, 0.3) is 0 Å². The minimum absolute atomic E-state index is 0.0777. The van der Waals surface area contributed by atoms with Gasteiger partial charge in [0.15, 0.2) is 11.6 Å². The molecule has 0 amide bonds. The molecule has 90 valence electrons. The third-order valence-electron chi connectivity index (χ3n) is 2.04. The van der Waals surface area contributed by atoms with E-state index in [-0.39, 0.29) is 17.2 Å². The van der Waals surface area contributed by atoms with E-state index >= 15 is 0 Å². The monoisotopic (exact) mass is 247 g/mol. The Hall–Kier alpha value is -1.30. The Kier molecular flexibility index (Phi) is 3.74. The summed E-state index contributed by atoms with van der Waals surface area (Å²) in [5.74, 6) is -0.759. The average Bonchev–Trinajstić information content (AvgIpc) is 2.16. The lowest BCUT2D eigenvalue weighted by atomic mass is 10.2. The Labute approximate surface area is 94.5 Å². The van der Waals surface area contributed by atoms with Crippen LogP contribution in [0.5, 0.6) is 5.75 Å². The van der Waals surface area contributed by atoms with Crippen LogP contribution < -0.4 is 9.46 Å². The number of ether oxygens (including phenoxy) is 1. The van der Waals surface area contributed by atoms with E-state index in [9.17, 15) is 12.8 Å². The van der Waals surface area contributed by atoms with Crippen molar-refractivity contribution in [1.29, 1.82) is 0 Å². The molecule has 0 saturated heterocycles. The van der Waals surface area contributed by atoms with Gasteiger partial charge in [0.05, 0.1) is 18.6 Å². The number of halogens is 1. The molecule has 0 aliphatic carbocycles. The second-order valence-corrected chi connectivity index (χ2v) is 5.34. The molecule has 0 unspecified atom stereocenters. The van der Waals surface area contributed by atoms with Crippen molar-refractivity contribution in [3.8, 4) is 5.75 Å². The van der Waals surface area contributed by atoms with E-state index in [1.54, 1.807) is 6.92 Å². The molecule has 0 aromatic heterocycles. The van der Waals surface area contributed by atoms with E-state index in [0.29, 0.717) is 5.56 Å². The number of methoxy groups -OCH3 is 1. The van der Waals surface area contributed by atoms with Gasteiger partial charge in [-0.05, 0) is 31.5 Å². The standard InChI is InChI=1S/C10H14FNO3S/c1-4-16(13,14)12-9-6-7(2)5-8(11)10(9)15-3/h5-6,12H,4H2,1-3H3. The molecule has 1 aromatic rings. The zero-order valence-electron chi connectivity index (χ0n) is 9.37. The highest BCUT2D eigenvalue weighted by atomic mass is 32.2. The predicted molar refractivity (Wildman–Crippen MR) is 60.8 cm³/mol. The second-order valence-electron chi connectivity index (χ2n) is 3.33. The normalized spacial score (nSPS) is 11.2. The van der Waals surface area contributed by atoms with Crippen molar-refractivity contribution >= 4 is 15.7 Å². The highest BCUT2D eigenvalue weighted by Gasteiger charge is 2.15. The van der Waals surface area contributed by atoms with E-state index < -0.39 is 15.8 Å². The first kappa shape index (κ1) is 12.8. The fourth-order valence-electron chi connectivity index (χ4n) is 1.25. The summed E-state index contributed by atoms with van der Waals surface area (Å²) in [7, 11) is -2.15. The van der Waals surface area contributed by atoms with Crippen LogP contribution in [0.15, 0.2) is 12.1 Å². The Balaban J connectivity index is 3.22. The summed E-state index contributed by atoms with van der Waals surface area (Å²) in [4.78, 5) is 0. The van der Waals surface area contributed by atoms with Crippen molar-refractivity contribution in [1.82, 2.24) is 0 Å². The van der Waals surface area contributed by atoms with Gasteiger partial charge in [0.1, 0.15) is 0 Å². The molecule has 0 bridgehead atoms. The van der Waals surface area contributed by atoms with Gasteiger partial charge in [0, 0.05) is 0 Å². The zero-order chi connectivity index (χ0) is 12.3. The molecule has 0 spiro atoms. The number of rotatable bonds is 4. The van der Waals surface area contributed by atoms with Crippen molar-refractivity contribution < 1.29 is 17.5 Å². The molecule has 0 atom stereocenters. The summed E-state index contributed by atoms with van der Waals surface area (Å²) >= 11 is 0. The molecule has 6 heteroatoms. The first-order valence-corrected chi connectivity index (χ1v) is 6.39. The molecule has 16 heavy (non-hydrogen) atoms. The van der Waals surface area contributed by atoms with E-state index in [1.807, 2.05) is 0 Å². The van der Waals surface area contributed by atoms with Gasteiger partial charge < -0.3 is 4.74 Å². The van der Waals surface area contributed by atoms with Crippen LogP contribution in [0.3, 0.4) is 0 Å². The summed E-state index contributed by atoms with van der Waals surface area (Å²) in [6, 6.07) is 2.80. The molecule has 0 aliphatic heterocycles. The van der Waals surface area contributed by atoms with Gasteiger partial charge in [-0.1, -0.05) is 0 Å². The van der Waals surface area contributed by atoms with Gasteiger partial charge in [-0.25, -0.2) is 12.8 Å². The molecule has 0 heterocycles. The van der Waals surface area contributed by atoms with Crippen molar-refractivity contribution in [3.05, 3.63) is 23.5 Å². The Bertz CT molecular complexity index is 485. The highest BCUT2D eigenvalue weighted by molar-refractivity contribution is 7.92. The van der Waals surface area contributed by atoms with Gasteiger partial charge >= 0.3 is 0 Å². The summed E-state index contributed by atoms with van der Waals surface area (Å²) in [5, 5.41) is 0. The van der Waals surface area contributed by atoms with Gasteiger partial charge in [0.2, 0.25) is 10.0 Å². The quantitative estimate of drug-likeness (QED) is 0.884. The first-order chi connectivity index (χ1) is 7.39. The maximum Gasteiger partial charge on any atom is 0.232 e. The maximum absolute atomic E-state index is 13.4. The number of hydrogen-bond acceptors (Lipinski definition) is 3. The van der Waals surface area contributed by atoms with Crippen molar-refractivity contribution in [3.63, 3.8) is 0 Å². The van der Waals surface area contributed by atoms with Crippen molar-refractivity contribution in [2.75, 3.05) is 17.6 Å². The van der Waals surface area contributed by atoms with E-state index in [1.165, 1.54) is 26.2 Å². The third-order valence-corrected chi connectivity index (χ3v) is 3.33. The fourth-order valence-corrected chi connectivity index (χ4v) is 1.88. The van der Waals surface area contributed by atoms with Crippen LogP contribution in [0.2, 0.25) is 0 Å². The number of sulfonamides is 1. The maximum atomic E-state index is 13.4. The van der Waals surface area contributed by atoms with Crippen LogP contribution >= 0.6 is 0 Å². The van der Waals surface area contributed by atoms with Crippen LogP contribution in [-0.2, 0) is 10.0 Å². The smallest absolute Gasteiger partial charge is 0.232 e. The van der Waals surface area contributed by atoms with Crippen LogP contribution in [0, 0.1) is 12.7 Å². The Morgan fingerprint density at radius 3 is 2.56 bits per heavy atom. The fraction of sp³-hybridized carbons (Fsp3) is 0.400. The lowest BCUT2D eigenvalue weighted by molar-refractivity contribution is 0.388. The van der Waals surface area contributed by atoms with Crippen LogP contribution in [0.1, 0.15) is 12.5 Å². The van der Waals surface area contributed by atoms with Crippen molar-refractivity contribution in [2.24, 2.45) is 0 Å². The number of anilines is 1. The highest BCUT2D eigenvalue weighted by Crippen LogP contribution is 2.29. The summed E-state index contributed by atoms with van der Waals surface area (Å²) < 4.78 is 43.3. The molecule has 0 saturated carbocycles. The number of nitrogens with one attached hydrogen (secondary N) is 1. The van der Waals surface area contributed by atoms with Gasteiger partial charge in [0.25, 0.3) is 0 Å². The predicted octanol–water partition coefficient (Wildman–Crippen LogP) is 1.90. The number of hydrogen-bond donors (Lipinski definition) is 1. The van der Waals surface area contributed by atoms with Gasteiger partial charge in [-0.15, -0.1) is 0 Å². The zero-order valence-corrected chi connectivity index (χ0v) is 10.2. The van der Waals surface area contributed by atoms with Gasteiger partial charge in [-0.3, -0.25) is 4.72 Å². The molecule has 0 fully saturated rings. The molecule has 0 radical (unpaired) electrons. The van der Waals surface area contributed by atoms with E-state index in [2.05, 4.69) is 4.72 Å². The summed E-state index contributed by atoms with van der Waals surface area (Å²) in [5.41, 5.74) is 0.744. The van der Waals surface area contributed by atoms with Crippen LogP contribution in [-0.4, -0.2) is 21.3 Å². The Morgan fingerprint density at radius 1 is 1.44 bits per heavy atom. The summed E-state index contributed by atoms with van der Waals surface area (Å²) in [6.45, 7) is 3.17. The largest absolute Gasteiger partial charge is 0.492 e. The van der Waals surface area contributed by atoms with Crippen LogP contribution in [0.4, 0.5) is 10.1 Å². The lowest BCUT2D eigenvalue weighted by Crippen LogP contribution is -2.15. The molecule has 0 aliphatic rings. The molecular weight excluding hydrogens is 233 g/mol. The number of benzene rings is 1. The third kappa shape index (κ3) is 2.85. The topological polar surface area (TPSA) is 55.4 Å². The molecule has 1 aromatic carbocycles. The van der Waals surface area contributed by atoms with Crippen molar-refractivity contribution in [2.45, 2.75) is 13.8 Å². The minimum atomic E-state index is -3.44. The summed E-state index contributed by atoms with van der Waals surface area (Å²) in [6.07, 6.45) is 0. The Morgan fingerprint density at radius 2 is 2.06 bits per heavy atom. The molecular formula is C10H14FNO3S. The van der Waals surface area contributed by atoms with E-state index in [4.69, 9.17) is 4.74 Å². The SMILES string of the molecule is CCS(=O)(=O)Nc1cc(C)cc(F)c1OC. The number of aryl methyl sites for hydroxylation is 1.